The molecule has 1 aliphatic rings. The second kappa shape index (κ2) is 8.01. The second-order valence-electron chi connectivity index (χ2n) is 5.96. The number of hydrogen-bond acceptors (Lipinski definition) is 5. The number of rotatable bonds is 2. The zero-order valence-electron chi connectivity index (χ0n) is 13.7. The maximum Gasteiger partial charge on any atom is 0.255 e. The van der Waals surface area contributed by atoms with Gasteiger partial charge in [0.25, 0.3) is 5.91 Å². The van der Waals surface area contributed by atoms with Crippen LogP contribution in [-0.4, -0.2) is 55.7 Å². The molecule has 2 aromatic heterocycles. The molecule has 2 atom stereocenters. The van der Waals surface area contributed by atoms with E-state index in [1.54, 1.807) is 23.5 Å². The largest absolute Gasteiger partial charge is 0.390 e. The molecule has 1 aromatic carbocycles. The third kappa shape index (κ3) is 3.52. The fourth-order valence-corrected chi connectivity index (χ4v) is 2.96. The van der Waals surface area contributed by atoms with Crippen LogP contribution in [0.1, 0.15) is 10.4 Å². The van der Waals surface area contributed by atoms with Crippen LogP contribution < -0.4 is 5.73 Å². The van der Waals surface area contributed by atoms with Gasteiger partial charge in [0.1, 0.15) is 11.8 Å². The molecule has 0 radical (unpaired) electrons. The first-order chi connectivity index (χ1) is 11.6. The molecule has 1 aliphatic heterocycles. The number of aromatic nitrogens is 3. The first kappa shape index (κ1) is 20.1. The molecular formula is C17H19Cl2N5O2. The Labute approximate surface area is 162 Å². The summed E-state index contributed by atoms with van der Waals surface area (Å²) in [6.07, 6.45) is 2.56. The van der Waals surface area contributed by atoms with Crippen molar-refractivity contribution < 1.29 is 9.90 Å². The summed E-state index contributed by atoms with van der Waals surface area (Å²) in [6.45, 7) is 0.590. The van der Waals surface area contributed by atoms with Crippen LogP contribution in [0.5, 0.6) is 0 Å². The topological polar surface area (TPSA) is 97.3 Å². The van der Waals surface area contributed by atoms with Gasteiger partial charge in [0.15, 0.2) is 5.65 Å². The number of amides is 1. The molecule has 3 N–H and O–H groups in total. The predicted octanol–water partition coefficient (Wildman–Crippen LogP) is 1.41. The van der Waals surface area contributed by atoms with Crippen molar-refractivity contribution in [3.05, 3.63) is 54.5 Å². The second-order valence-corrected chi connectivity index (χ2v) is 5.96. The first-order valence-corrected chi connectivity index (χ1v) is 7.75. The lowest BCUT2D eigenvalue weighted by Crippen LogP contribution is -2.33. The number of nitrogens with two attached hydrogens (primary N) is 1. The monoisotopic (exact) mass is 395 g/mol. The predicted molar refractivity (Wildman–Crippen MR) is 103 cm³/mol. The van der Waals surface area contributed by atoms with Crippen molar-refractivity contribution in [3.8, 4) is 5.69 Å². The summed E-state index contributed by atoms with van der Waals surface area (Å²) in [4.78, 5) is 22.8. The normalized spacial score (nSPS) is 19.1. The van der Waals surface area contributed by atoms with Gasteiger partial charge in [-0.15, -0.1) is 24.8 Å². The van der Waals surface area contributed by atoms with E-state index in [-0.39, 0.29) is 37.3 Å². The van der Waals surface area contributed by atoms with Gasteiger partial charge < -0.3 is 15.7 Å². The zero-order valence-corrected chi connectivity index (χ0v) is 15.4. The van der Waals surface area contributed by atoms with Crippen molar-refractivity contribution in [3.63, 3.8) is 0 Å². The third-order valence-electron chi connectivity index (χ3n) is 4.29. The van der Waals surface area contributed by atoms with Crippen LogP contribution in [0.25, 0.3) is 16.9 Å². The summed E-state index contributed by atoms with van der Waals surface area (Å²) in [5.41, 5.74) is 8.51. The van der Waals surface area contributed by atoms with Crippen LogP contribution in [-0.2, 0) is 0 Å². The molecule has 7 nitrogen and oxygen atoms in total. The van der Waals surface area contributed by atoms with Crippen molar-refractivity contribution in [1.29, 1.82) is 0 Å². The van der Waals surface area contributed by atoms with Gasteiger partial charge >= 0.3 is 0 Å². The Bertz CT molecular complexity index is 893. The van der Waals surface area contributed by atoms with E-state index in [1.165, 1.54) is 0 Å². The Morgan fingerprint density at radius 3 is 2.54 bits per heavy atom. The number of carbonyl (C=O) groups is 1. The number of halogens is 2. The number of likely N-dealkylation sites (tertiary alicyclic amines) is 1. The smallest absolute Gasteiger partial charge is 0.255 e. The molecule has 0 bridgehead atoms. The van der Waals surface area contributed by atoms with Gasteiger partial charge in [0, 0.05) is 31.0 Å². The van der Waals surface area contributed by atoms with Crippen LogP contribution in [0.3, 0.4) is 0 Å². The molecule has 0 unspecified atom stereocenters. The molecule has 26 heavy (non-hydrogen) atoms. The van der Waals surface area contributed by atoms with Crippen molar-refractivity contribution in [2.75, 3.05) is 13.1 Å². The molecule has 138 valence electrons. The van der Waals surface area contributed by atoms with Crippen molar-refractivity contribution >= 4 is 41.9 Å². The molecule has 0 spiro atoms. The van der Waals surface area contributed by atoms with E-state index in [0.29, 0.717) is 23.3 Å². The highest BCUT2D eigenvalue weighted by Gasteiger charge is 2.32. The number of nitrogens with zero attached hydrogens (tertiary/aromatic N) is 4. The average molecular weight is 396 g/mol. The number of aliphatic hydroxyl groups excluding tert-OH is 1. The molecule has 0 aliphatic carbocycles. The number of fused-ring (bicyclic) bond motifs is 1. The van der Waals surface area contributed by atoms with Crippen molar-refractivity contribution in [2.24, 2.45) is 5.73 Å². The number of benzene rings is 1. The van der Waals surface area contributed by atoms with Gasteiger partial charge in [0.2, 0.25) is 0 Å². The highest BCUT2D eigenvalue weighted by molar-refractivity contribution is 5.96. The van der Waals surface area contributed by atoms with Crippen LogP contribution in [0.15, 0.2) is 48.9 Å². The average Bonchev–Trinajstić information content (AvgIpc) is 3.18. The molecular weight excluding hydrogens is 377 g/mol. The van der Waals surface area contributed by atoms with Gasteiger partial charge in [-0.05, 0) is 18.2 Å². The molecule has 3 aromatic rings. The molecule has 1 saturated heterocycles. The van der Waals surface area contributed by atoms with Crippen molar-refractivity contribution in [2.45, 2.75) is 12.1 Å². The van der Waals surface area contributed by atoms with Gasteiger partial charge in [-0.25, -0.2) is 9.97 Å². The van der Waals surface area contributed by atoms with E-state index in [0.717, 1.165) is 5.69 Å². The molecule has 4 rings (SSSR count). The highest BCUT2D eigenvalue weighted by atomic mass is 35.5. The van der Waals surface area contributed by atoms with Crippen LogP contribution in [0, 0.1) is 0 Å². The Morgan fingerprint density at radius 2 is 1.88 bits per heavy atom. The van der Waals surface area contributed by atoms with Crippen LogP contribution in [0.2, 0.25) is 0 Å². The lowest BCUT2D eigenvalue weighted by atomic mass is 10.2. The summed E-state index contributed by atoms with van der Waals surface area (Å²) >= 11 is 0. The van der Waals surface area contributed by atoms with Gasteiger partial charge in [0.05, 0.1) is 11.7 Å². The van der Waals surface area contributed by atoms with Gasteiger partial charge in [-0.3, -0.25) is 9.36 Å². The Balaban J connectivity index is 0.00000121. The van der Waals surface area contributed by atoms with Crippen LogP contribution >= 0.6 is 24.8 Å². The number of aliphatic hydroxyl groups is 1. The molecule has 1 amide bonds. The minimum Gasteiger partial charge on any atom is -0.390 e. The van der Waals surface area contributed by atoms with Crippen molar-refractivity contribution in [1.82, 2.24) is 19.4 Å². The lowest BCUT2D eigenvalue weighted by molar-refractivity contribution is 0.0764. The Morgan fingerprint density at radius 1 is 1.15 bits per heavy atom. The molecule has 0 saturated carbocycles. The number of pyridine rings is 1. The fraction of sp³-hybridized carbons (Fsp3) is 0.235. The maximum atomic E-state index is 12.5. The number of para-hydroxylation sites is 1. The zero-order chi connectivity index (χ0) is 16.7. The fourth-order valence-electron chi connectivity index (χ4n) is 2.96. The standard InChI is InChI=1S/C17H17N5O2.2ClH/c18-13-8-21(9-15(13)23)17(24)11-6-14-16(19-7-11)22(10-20-14)12-4-2-1-3-5-12;;/h1-7,10,13,15,23H,8-9,18H2;2*1H/t13-,15-;;/m1../s1. The van der Waals surface area contributed by atoms with Gasteiger partial charge in [-0.1, -0.05) is 18.2 Å². The van der Waals surface area contributed by atoms with E-state index in [2.05, 4.69) is 9.97 Å². The summed E-state index contributed by atoms with van der Waals surface area (Å²) in [6, 6.07) is 11.1. The quantitative estimate of drug-likeness (QED) is 0.683. The third-order valence-corrected chi connectivity index (χ3v) is 4.29. The number of imidazole rings is 1. The van der Waals surface area contributed by atoms with Crippen LogP contribution in [0.4, 0.5) is 0 Å². The Hall–Kier alpha value is -2.19. The number of hydrogen-bond donors (Lipinski definition) is 2. The minimum absolute atomic E-state index is 0. The maximum absolute atomic E-state index is 12.5. The molecule has 3 heterocycles. The first-order valence-electron chi connectivity index (χ1n) is 7.75. The SMILES string of the molecule is Cl.Cl.N[C@@H]1CN(C(=O)c2cnc3c(c2)ncn3-c2ccccc2)C[C@H]1O. The highest BCUT2D eigenvalue weighted by Crippen LogP contribution is 2.19. The summed E-state index contributed by atoms with van der Waals surface area (Å²) in [5, 5.41) is 9.71. The van der Waals surface area contributed by atoms with E-state index < -0.39 is 12.1 Å². The van der Waals surface area contributed by atoms with Gasteiger partial charge in [-0.2, -0.15) is 0 Å². The molecule has 1 fully saturated rings. The summed E-state index contributed by atoms with van der Waals surface area (Å²) < 4.78 is 1.87. The summed E-state index contributed by atoms with van der Waals surface area (Å²) in [7, 11) is 0. The van der Waals surface area contributed by atoms with E-state index >= 15 is 0 Å². The van der Waals surface area contributed by atoms with E-state index in [9.17, 15) is 9.90 Å². The Kier molecular flexibility index (Phi) is 6.20. The summed E-state index contributed by atoms with van der Waals surface area (Å²) in [5.74, 6) is -0.189. The minimum atomic E-state index is -0.678. The van der Waals surface area contributed by atoms with E-state index in [1.807, 2.05) is 34.9 Å². The van der Waals surface area contributed by atoms with E-state index in [4.69, 9.17) is 5.73 Å². The lowest BCUT2D eigenvalue weighted by Gasteiger charge is -2.15. The molecule has 9 heteroatoms. The number of carbonyl (C=O) groups excluding carboxylic acids is 1. The number of β-amino-alcohol motifs (C(OH)–C–C–N with tert-alkyl or cyclic N) is 1.